The smallest absolute Gasteiger partial charge is 0.305 e. The third-order valence-corrected chi connectivity index (χ3v) is 2.94. The van der Waals surface area contributed by atoms with Gasteiger partial charge in [-0.15, -0.1) is 24.0 Å². The second-order valence-electron chi connectivity index (χ2n) is 4.78. The minimum atomic E-state index is -0.169. The first-order chi connectivity index (χ1) is 10.6. The Bertz CT molecular complexity index is 483. The summed E-state index contributed by atoms with van der Waals surface area (Å²) in [6.07, 6.45) is 1.10. The molecule has 7 nitrogen and oxygen atoms in total. The van der Waals surface area contributed by atoms with Gasteiger partial charge in [-0.05, 0) is 34.1 Å². The average molecular weight is 438 g/mol. The highest BCUT2D eigenvalue weighted by Crippen LogP contribution is 2.08. The fraction of sp³-hybridized carbons (Fsp3) is 0.667. The van der Waals surface area contributed by atoms with Crippen LogP contribution in [0.3, 0.4) is 0 Å². The zero-order valence-corrected chi connectivity index (χ0v) is 16.6. The topological polar surface area (TPSA) is 88.8 Å². The summed E-state index contributed by atoms with van der Waals surface area (Å²) >= 11 is 0. The van der Waals surface area contributed by atoms with Crippen LogP contribution in [0.5, 0.6) is 0 Å². The number of hydrogen-bond donors (Lipinski definition) is 2. The lowest BCUT2D eigenvalue weighted by atomic mass is 10.3. The number of aliphatic imine (C=N–C) groups is 1. The van der Waals surface area contributed by atoms with Crippen LogP contribution in [0.2, 0.25) is 0 Å². The molecule has 0 amide bonds. The van der Waals surface area contributed by atoms with Gasteiger partial charge in [-0.1, -0.05) is 0 Å². The SMILES string of the molecule is CCNC(=NCc1nc(C)c(C)o1)NCCCC(=O)OCC.I. The normalized spacial score (nSPS) is 10.9. The Morgan fingerprint density at radius 1 is 1.30 bits per heavy atom. The van der Waals surface area contributed by atoms with Crippen molar-refractivity contribution in [1.29, 1.82) is 0 Å². The number of nitrogens with one attached hydrogen (secondary N) is 2. The van der Waals surface area contributed by atoms with Crippen molar-refractivity contribution < 1.29 is 13.9 Å². The van der Waals surface area contributed by atoms with Crippen molar-refractivity contribution in [2.45, 2.75) is 47.1 Å². The monoisotopic (exact) mass is 438 g/mol. The Morgan fingerprint density at radius 3 is 2.61 bits per heavy atom. The van der Waals surface area contributed by atoms with Gasteiger partial charge in [0.05, 0.1) is 12.3 Å². The molecule has 1 aromatic heterocycles. The molecule has 0 spiro atoms. The molecule has 2 N–H and O–H groups in total. The molecule has 0 saturated heterocycles. The Kier molecular flexibility index (Phi) is 11.4. The summed E-state index contributed by atoms with van der Waals surface area (Å²) in [7, 11) is 0. The first kappa shape index (κ1) is 21.7. The number of aryl methyl sites for hydroxylation is 2. The third-order valence-electron chi connectivity index (χ3n) is 2.94. The third kappa shape index (κ3) is 8.77. The number of esters is 1. The molecule has 0 radical (unpaired) electrons. The molecule has 0 aliphatic rings. The minimum Gasteiger partial charge on any atom is -0.466 e. The molecule has 0 aliphatic heterocycles. The first-order valence-corrected chi connectivity index (χ1v) is 7.67. The van der Waals surface area contributed by atoms with Crippen LogP contribution in [0, 0.1) is 13.8 Å². The quantitative estimate of drug-likeness (QED) is 0.213. The van der Waals surface area contributed by atoms with Crippen LogP contribution in [0.1, 0.15) is 44.0 Å². The molecule has 8 heteroatoms. The molecule has 1 rings (SSSR count). The summed E-state index contributed by atoms with van der Waals surface area (Å²) in [5.74, 6) is 1.92. The van der Waals surface area contributed by atoms with E-state index >= 15 is 0 Å². The van der Waals surface area contributed by atoms with E-state index in [1.165, 1.54) is 0 Å². The van der Waals surface area contributed by atoms with Crippen molar-refractivity contribution in [3.05, 3.63) is 17.3 Å². The van der Waals surface area contributed by atoms with E-state index in [1.54, 1.807) is 6.92 Å². The highest BCUT2D eigenvalue weighted by atomic mass is 127. The number of carbonyl (C=O) groups is 1. The van der Waals surface area contributed by atoms with Gasteiger partial charge < -0.3 is 19.8 Å². The predicted molar refractivity (Wildman–Crippen MR) is 100 cm³/mol. The lowest BCUT2D eigenvalue weighted by molar-refractivity contribution is -0.143. The molecule has 0 fully saturated rings. The number of carbonyl (C=O) groups excluding carboxylic acids is 1. The summed E-state index contributed by atoms with van der Waals surface area (Å²) in [6.45, 7) is 9.79. The van der Waals surface area contributed by atoms with Crippen LogP contribution in [0.15, 0.2) is 9.41 Å². The largest absolute Gasteiger partial charge is 0.466 e. The van der Waals surface area contributed by atoms with Crippen molar-refractivity contribution in [3.63, 3.8) is 0 Å². The fourth-order valence-corrected chi connectivity index (χ4v) is 1.77. The molecule has 0 atom stereocenters. The lowest BCUT2D eigenvalue weighted by Crippen LogP contribution is -2.37. The van der Waals surface area contributed by atoms with E-state index in [0.29, 0.717) is 44.4 Å². The van der Waals surface area contributed by atoms with Crippen molar-refractivity contribution >= 4 is 35.9 Å². The number of hydrogen-bond acceptors (Lipinski definition) is 5. The van der Waals surface area contributed by atoms with Gasteiger partial charge in [0.2, 0.25) is 5.89 Å². The molecule has 0 aliphatic carbocycles. The fourth-order valence-electron chi connectivity index (χ4n) is 1.77. The lowest BCUT2D eigenvalue weighted by Gasteiger charge is -2.10. The van der Waals surface area contributed by atoms with E-state index in [2.05, 4.69) is 20.6 Å². The van der Waals surface area contributed by atoms with Crippen LogP contribution in [-0.2, 0) is 16.1 Å². The van der Waals surface area contributed by atoms with Gasteiger partial charge in [-0.25, -0.2) is 9.98 Å². The summed E-state index contributed by atoms with van der Waals surface area (Å²) in [4.78, 5) is 19.9. The van der Waals surface area contributed by atoms with E-state index in [0.717, 1.165) is 18.0 Å². The molecule has 1 heterocycles. The number of ether oxygens (including phenoxy) is 1. The van der Waals surface area contributed by atoms with Crippen molar-refractivity contribution in [3.8, 4) is 0 Å². The van der Waals surface area contributed by atoms with E-state index in [1.807, 2.05) is 20.8 Å². The zero-order chi connectivity index (χ0) is 16.4. The maximum Gasteiger partial charge on any atom is 0.305 e. The summed E-state index contributed by atoms with van der Waals surface area (Å²) in [6, 6.07) is 0. The van der Waals surface area contributed by atoms with Crippen molar-refractivity contribution in [1.82, 2.24) is 15.6 Å². The van der Waals surface area contributed by atoms with E-state index in [-0.39, 0.29) is 29.9 Å². The standard InChI is InChI=1S/C15H26N4O3.HI/c1-5-16-15(17-9-7-8-14(20)21-6-2)18-10-13-19-11(3)12(4)22-13;/h5-10H2,1-4H3,(H2,16,17,18);1H. The molecule has 23 heavy (non-hydrogen) atoms. The van der Waals surface area contributed by atoms with Gasteiger partial charge in [0.15, 0.2) is 5.96 Å². The number of oxazole rings is 1. The van der Waals surface area contributed by atoms with Gasteiger partial charge in [-0.2, -0.15) is 0 Å². The number of rotatable bonds is 8. The Morgan fingerprint density at radius 2 is 2.04 bits per heavy atom. The van der Waals surface area contributed by atoms with E-state index < -0.39 is 0 Å². The van der Waals surface area contributed by atoms with Gasteiger partial charge in [0, 0.05) is 19.5 Å². The second-order valence-corrected chi connectivity index (χ2v) is 4.78. The maximum absolute atomic E-state index is 11.2. The summed E-state index contributed by atoms with van der Waals surface area (Å²) in [5.41, 5.74) is 0.887. The molecule has 0 aromatic carbocycles. The van der Waals surface area contributed by atoms with Crippen molar-refractivity contribution in [2.24, 2.45) is 4.99 Å². The highest BCUT2D eigenvalue weighted by molar-refractivity contribution is 14.0. The molecular weight excluding hydrogens is 411 g/mol. The molecule has 0 bridgehead atoms. The molecule has 1 aromatic rings. The first-order valence-electron chi connectivity index (χ1n) is 7.67. The van der Waals surface area contributed by atoms with Crippen LogP contribution >= 0.6 is 24.0 Å². The number of halogens is 1. The van der Waals surface area contributed by atoms with E-state index in [9.17, 15) is 4.79 Å². The molecular formula is C15H27IN4O3. The van der Waals surface area contributed by atoms with Gasteiger partial charge in [0.25, 0.3) is 0 Å². The highest BCUT2D eigenvalue weighted by Gasteiger charge is 2.06. The van der Waals surface area contributed by atoms with E-state index in [4.69, 9.17) is 9.15 Å². The van der Waals surface area contributed by atoms with Gasteiger partial charge in [0.1, 0.15) is 12.3 Å². The average Bonchev–Trinajstić information content (AvgIpc) is 2.80. The number of guanidine groups is 1. The molecule has 132 valence electrons. The van der Waals surface area contributed by atoms with Crippen molar-refractivity contribution in [2.75, 3.05) is 19.7 Å². The van der Waals surface area contributed by atoms with Crippen LogP contribution in [0.25, 0.3) is 0 Å². The number of aromatic nitrogens is 1. The molecule has 0 saturated carbocycles. The van der Waals surface area contributed by atoms with Crippen LogP contribution in [0.4, 0.5) is 0 Å². The Hall–Kier alpha value is -1.32. The summed E-state index contributed by atoms with van der Waals surface area (Å²) < 4.78 is 10.4. The minimum absolute atomic E-state index is 0. The Balaban J connectivity index is 0.00000484. The molecule has 0 unspecified atom stereocenters. The number of nitrogens with zero attached hydrogens (tertiary/aromatic N) is 2. The Labute approximate surface area is 154 Å². The summed E-state index contributed by atoms with van der Waals surface area (Å²) in [5, 5.41) is 6.31. The van der Waals surface area contributed by atoms with Crippen LogP contribution < -0.4 is 10.6 Å². The zero-order valence-electron chi connectivity index (χ0n) is 14.3. The van der Waals surface area contributed by atoms with Gasteiger partial charge >= 0.3 is 5.97 Å². The van der Waals surface area contributed by atoms with Crippen LogP contribution in [-0.4, -0.2) is 36.6 Å². The second kappa shape index (κ2) is 12.1. The maximum atomic E-state index is 11.2. The van der Waals surface area contributed by atoms with Gasteiger partial charge in [-0.3, -0.25) is 4.79 Å². The predicted octanol–water partition coefficient (Wildman–Crippen LogP) is 2.31.